The molecule has 1 fully saturated rings. The molecule has 0 radical (unpaired) electrons. The van der Waals surface area contributed by atoms with Crippen molar-refractivity contribution in [1.29, 1.82) is 0 Å². The SMILES string of the molecule is COC(=O)[C@H]1O[C@H](OC(=Nc2ccc(OC)cc2)C(Cl)(Cl)Cl)[C@H](OC(=O)C(C)C)[C@@H](OC(=O)C(C)C)[C@@H]1OC(=O)C(C)C. The average molecular weight is 669 g/mol. The Morgan fingerprint density at radius 2 is 1.21 bits per heavy atom. The standard InChI is InChI=1S/C28H36Cl3NO11/c1-13(2)22(33)39-18-19(40-23(34)14(3)4)21(41-24(35)15(5)6)26(42-20(18)25(36)38-8)43-27(28(29,30)31)32-16-9-11-17(37-7)12-10-16/h9-15,18-21,26H,1-8H3/t18-,19-,20-,21+,26+/m0/s1. The maximum Gasteiger partial charge on any atom is 0.339 e. The van der Waals surface area contributed by atoms with Crippen LogP contribution in [0, 0.1) is 17.8 Å². The van der Waals surface area contributed by atoms with Gasteiger partial charge in [0.05, 0.1) is 37.7 Å². The van der Waals surface area contributed by atoms with Crippen LogP contribution < -0.4 is 4.74 Å². The lowest BCUT2D eigenvalue weighted by Crippen LogP contribution is -2.64. The zero-order valence-corrected chi connectivity index (χ0v) is 27.3. The van der Waals surface area contributed by atoms with Crippen molar-refractivity contribution in [3.63, 3.8) is 0 Å². The molecule has 1 aromatic carbocycles. The summed E-state index contributed by atoms with van der Waals surface area (Å²) in [5.74, 6) is -5.32. The Labute approximate surface area is 265 Å². The van der Waals surface area contributed by atoms with E-state index in [2.05, 4.69) is 4.99 Å². The number of ether oxygens (including phenoxy) is 7. The van der Waals surface area contributed by atoms with E-state index < -0.39 is 82.0 Å². The summed E-state index contributed by atoms with van der Waals surface area (Å²) in [6.07, 6.45) is -8.39. The molecule has 1 saturated heterocycles. The van der Waals surface area contributed by atoms with Gasteiger partial charge in [-0.05, 0) is 24.3 Å². The number of carbonyl (C=O) groups excluding carboxylic acids is 4. The molecule has 0 aliphatic carbocycles. The van der Waals surface area contributed by atoms with E-state index in [0.717, 1.165) is 7.11 Å². The highest BCUT2D eigenvalue weighted by molar-refractivity contribution is 6.76. The molecule has 1 aliphatic heterocycles. The summed E-state index contributed by atoms with van der Waals surface area (Å²) in [4.78, 5) is 55.7. The van der Waals surface area contributed by atoms with Crippen LogP contribution >= 0.6 is 34.8 Å². The van der Waals surface area contributed by atoms with Gasteiger partial charge >= 0.3 is 23.9 Å². The van der Waals surface area contributed by atoms with Gasteiger partial charge in [0.1, 0.15) is 5.75 Å². The Morgan fingerprint density at radius 1 is 0.744 bits per heavy atom. The fourth-order valence-corrected chi connectivity index (χ4v) is 3.71. The number of aliphatic imine (C=N–C) groups is 1. The quantitative estimate of drug-likeness (QED) is 0.112. The van der Waals surface area contributed by atoms with Gasteiger partial charge in [-0.2, -0.15) is 0 Å². The van der Waals surface area contributed by atoms with Crippen LogP contribution in [0.25, 0.3) is 0 Å². The summed E-state index contributed by atoms with van der Waals surface area (Å²) in [7, 11) is 2.56. The van der Waals surface area contributed by atoms with Crippen LogP contribution in [0.4, 0.5) is 5.69 Å². The number of halogens is 3. The molecule has 5 atom stereocenters. The molecule has 0 aromatic heterocycles. The van der Waals surface area contributed by atoms with Crippen LogP contribution in [0.1, 0.15) is 41.5 Å². The number of alkyl halides is 3. The second kappa shape index (κ2) is 15.8. The second-order valence-electron chi connectivity index (χ2n) is 10.3. The number of hydrogen-bond donors (Lipinski definition) is 0. The summed E-state index contributed by atoms with van der Waals surface area (Å²) < 4.78 is 36.4. The molecule has 12 nitrogen and oxygen atoms in total. The number of benzene rings is 1. The fourth-order valence-electron chi connectivity index (χ4n) is 3.45. The number of esters is 4. The van der Waals surface area contributed by atoms with Crippen molar-refractivity contribution in [3.05, 3.63) is 24.3 Å². The summed E-state index contributed by atoms with van der Waals surface area (Å²) in [6, 6.07) is 6.29. The third kappa shape index (κ3) is 10.1. The van der Waals surface area contributed by atoms with E-state index in [4.69, 9.17) is 68.0 Å². The third-order valence-corrected chi connectivity index (χ3v) is 6.36. The first-order valence-electron chi connectivity index (χ1n) is 13.3. The first kappa shape index (κ1) is 36.4. The highest BCUT2D eigenvalue weighted by Gasteiger charge is 2.57. The van der Waals surface area contributed by atoms with Gasteiger partial charge in [-0.25, -0.2) is 9.79 Å². The lowest BCUT2D eigenvalue weighted by molar-refractivity contribution is -0.288. The lowest BCUT2D eigenvalue weighted by atomic mass is 9.97. The Bertz CT molecular complexity index is 1170. The van der Waals surface area contributed by atoms with E-state index in [1.165, 1.54) is 7.11 Å². The Balaban J connectivity index is 2.72. The van der Waals surface area contributed by atoms with Crippen LogP contribution in [0.5, 0.6) is 5.75 Å². The number of nitrogens with zero attached hydrogens (tertiary/aromatic N) is 1. The number of rotatable bonds is 10. The Morgan fingerprint density at radius 3 is 1.63 bits per heavy atom. The molecule has 15 heteroatoms. The van der Waals surface area contributed by atoms with Gasteiger partial charge in [-0.15, -0.1) is 0 Å². The highest BCUT2D eigenvalue weighted by atomic mass is 35.6. The van der Waals surface area contributed by atoms with Crippen molar-refractivity contribution in [1.82, 2.24) is 0 Å². The molecule has 0 N–H and O–H groups in total. The molecule has 0 unspecified atom stereocenters. The normalized spacial score (nSPS) is 22.7. The number of hydrogen-bond acceptors (Lipinski definition) is 12. The van der Waals surface area contributed by atoms with Gasteiger partial charge in [-0.1, -0.05) is 76.3 Å². The second-order valence-corrected chi connectivity index (χ2v) is 12.6. The predicted octanol–water partition coefficient (Wildman–Crippen LogP) is 4.71. The predicted molar refractivity (Wildman–Crippen MR) is 156 cm³/mol. The molecule has 0 saturated carbocycles. The molecule has 2 rings (SSSR count). The van der Waals surface area contributed by atoms with Crippen LogP contribution in [0.3, 0.4) is 0 Å². The minimum atomic E-state index is -2.30. The maximum absolute atomic E-state index is 12.9. The van der Waals surface area contributed by atoms with Crippen molar-refractivity contribution >= 4 is 70.3 Å². The molecule has 1 aliphatic rings. The summed E-state index contributed by atoms with van der Waals surface area (Å²) in [5.41, 5.74) is 0.268. The minimum Gasteiger partial charge on any atom is -0.497 e. The summed E-state index contributed by atoms with van der Waals surface area (Å²) in [5, 5.41) is 0. The van der Waals surface area contributed by atoms with E-state index >= 15 is 0 Å². The molecule has 240 valence electrons. The van der Waals surface area contributed by atoms with Gasteiger partial charge < -0.3 is 33.2 Å². The molecular weight excluding hydrogens is 633 g/mol. The van der Waals surface area contributed by atoms with Crippen molar-refractivity contribution in [2.24, 2.45) is 22.7 Å². The van der Waals surface area contributed by atoms with Gasteiger partial charge in [0.25, 0.3) is 3.79 Å². The summed E-state index contributed by atoms with van der Waals surface area (Å²) in [6.45, 7) is 9.34. The average Bonchev–Trinajstić information content (AvgIpc) is 2.94. The van der Waals surface area contributed by atoms with Crippen molar-refractivity contribution in [2.75, 3.05) is 14.2 Å². The van der Waals surface area contributed by atoms with E-state index in [1.54, 1.807) is 65.8 Å². The molecular formula is C28H36Cl3NO11. The fraction of sp³-hybridized carbons (Fsp3) is 0.607. The highest BCUT2D eigenvalue weighted by Crippen LogP contribution is 2.36. The lowest BCUT2D eigenvalue weighted by Gasteiger charge is -2.44. The molecule has 0 amide bonds. The first-order valence-corrected chi connectivity index (χ1v) is 14.4. The zero-order chi connectivity index (χ0) is 32.6. The van der Waals surface area contributed by atoms with Crippen LogP contribution in [0.2, 0.25) is 0 Å². The first-order chi connectivity index (χ1) is 20.0. The van der Waals surface area contributed by atoms with Crippen LogP contribution in [0.15, 0.2) is 29.3 Å². The van der Waals surface area contributed by atoms with E-state index in [1.807, 2.05) is 0 Å². The topological polar surface area (TPSA) is 145 Å². The minimum absolute atomic E-state index is 0.268. The molecule has 43 heavy (non-hydrogen) atoms. The molecule has 0 spiro atoms. The molecule has 1 aromatic rings. The van der Waals surface area contributed by atoms with Crippen molar-refractivity contribution < 1.29 is 52.3 Å². The molecule has 0 bridgehead atoms. The number of methoxy groups -OCH3 is 2. The van der Waals surface area contributed by atoms with Crippen molar-refractivity contribution in [2.45, 2.75) is 76.0 Å². The number of carbonyl (C=O) groups is 4. The van der Waals surface area contributed by atoms with Gasteiger partial charge in [0.15, 0.2) is 18.3 Å². The van der Waals surface area contributed by atoms with E-state index in [0.29, 0.717) is 5.75 Å². The summed E-state index contributed by atoms with van der Waals surface area (Å²) >= 11 is 18.6. The zero-order valence-electron chi connectivity index (χ0n) is 25.0. The third-order valence-electron chi connectivity index (χ3n) is 5.87. The maximum atomic E-state index is 12.9. The van der Waals surface area contributed by atoms with E-state index in [-0.39, 0.29) is 5.69 Å². The van der Waals surface area contributed by atoms with Crippen molar-refractivity contribution in [3.8, 4) is 5.75 Å². The Kier molecular flexibility index (Phi) is 13.4. The van der Waals surface area contributed by atoms with Gasteiger partial charge in [0.2, 0.25) is 18.3 Å². The van der Waals surface area contributed by atoms with Crippen LogP contribution in [-0.4, -0.2) is 78.5 Å². The van der Waals surface area contributed by atoms with Gasteiger partial charge in [-0.3, -0.25) is 14.4 Å². The molecule has 1 heterocycles. The van der Waals surface area contributed by atoms with Crippen LogP contribution in [-0.2, 0) is 47.6 Å². The van der Waals surface area contributed by atoms with Gasteiger partial charge in [0, 0.05) is 0 Å². The monoisotopic (exact) mass is 667 g/mol. The smallest absolute Gasteiger partial charge is 0.339 e. The largest absolute Gasteiger partial charge is 0.497 e. The Hall–Kier alpha value is -2.80. The van der Waals surface area contributed by atoms with E-state index in [9.17, 15) is 19.2 Å².